The molecule has 0 unspecified atom stereocenters. The number of benzene rings is 2. The fourth-order valence-electron chi connectivity index (χ4n) is 2.86. The summed E-state index contributed by atoms with van der Waals surface area (Å²) in [6.45, 7) is 4.16. The van der Waals surface area contributed by atoms with Gasteiger partial charge in [0.15, 0.2) is 5.78 Å². The maximum atomic E-state index is 12.6. The van der Waals surface area contributed by atoms with Crippen LogP contribution >= 0.6 is 0 Å². The Morgan fingerprint density at radius 2 is 1.65 bits per heavy atom. The fraction of sp³-hybridized carbons (Fsp3) is 0.278. The summed E-state index contributed by atoms with van der Waals surface area (Å²) in [5.74, 6) is 2.56. The largest absolute Gasteiger partial charge is 0.457 e. The van der Waals surface area contributed by atoms with Crippen LogP contribution in [-0.4, -0.2) is 19.4 Å². The van der Waals surface area contributed by atoms with E-state index in [9.17, 15) is 4.79 Å². The van der Waals surface area contributed by atoms with E-state index in [1.54, 1.807) is 6.07 Å². The summed E-state index contributed by atoms with van der Waals surface area (Å²) in [7, 11) is 0. The van der Waals surface area contributed by atoms with Crippen molar-refractivity contribution in [2.75, 3.05) is 13.6 Å². The second-order valence-electron chi connectivity index (χ2n) is 5.79. The molecule has 2 aromatic rings. The van der Waals surface area contributed by atoms with Gasteiger partial charge in [-0.1, -0.05) is 11.6 Å². The Morgan fingerprint density at radius 1 is 1.00 bits per heavy atom. The molecule has 0 N–H and O–H groups in total. The van der Waals surface area contributed by atoms with Gasteiger partial charge in [0.1, 0.15) is 23.0 Å². The summed E-state index contributed by atoms with van der Waals surface area (Å²) < 4.78 is 22.3. The molecule has 0 aliphatic carbocycles. The van der Waals surface area contributed by atoms with Crippen LogP contribution in [0.4, 0.5) is 0 Å². The van der Waals surface area contributed by atoms with E-state index in [0.717, 1.165) is 16.3 Å². The Kier molecular flexibility index (Phi) is 3.15. The van der Waals surface area contributed by atoms with E-state index in [-0.39, 0.29) is 19.4 Å². The van der Waals surface area contributed by atoms with E-state index in [1.807, 2.05) is 32.1 Å². The zero-order valence-corrected chi connectivity index (χ0v) is 13.0. The lowest BCUT2D eigenvalue weighted by Crippen LogP contribution is -2.18. The lowest BCUT2D eigenvalue weighted by atomic mass is 9.97. The molecule has 0 amide bonds. The number of carbonyl (C=O) groups excluding carboxylic acids is 1. The van der Waals surface area contributed by atoms with Crippen LogP contribution in [0, 0.1) is 0 Å². The molecule has 2 aliphatic rings. The first kappa shape index (κ1) is 13.9. The van der Waals surface area contributed by atoms with Crippen molar-refractivity contribution in [2.24, 2.45) is 0 Å². The maximum Gasteiger partial charge on any atom is 0.230 e. The van der Waals surface area contributed by atoms with Crippen molar-refractivity contribution in [1.29, 1.82) is 0 Å². The molecule has 0 radical (unpaired) electrons. The molecule has 0 spiro atoms. The molecule has 0 aromatic heterocycles. The summed E-state index contributed by atoms with van der Waals surface area (Å²) in [5, 5.41) is 1.54. The van der Waals surface area contributed by atoms with Crippen molar-refractivity contribution in [1.82, 2.24) is 0 Å². The normalized spacial score (nSPS) is 14.2. The van der Waals surface area contributed by atoms with Gasteiger partial charge in [-0.05, 0) is 32.0 Å². The Bertz CT molecular complexity index is 846. The number of allylic oxidation sites excluding steroid dienone is 2. The van der Waals surface area contributed by atoms with Gasteiger partial charge in [0.2, 0.25) is 13.6 Å². The van der Waals surface area contributed by atoms with Crippen LogP contribution in [0.25, 0.3) is 10.8 Å². The van der Waals surface area contributed by atoms with Gasteiger partial charge in [-0.3, -0.25) is 4.79 Å². The highest BCUT2D eigenvalue weighted by molar-refractivity contribution is 6.11. The third-order valence-electron chi connectivity index (χ3n) is 3.97. The SMILES string of the molecule is CC(C)=CCC(=O)c1cc2c3c(ccc4c3c1OCO4)OCO2. The van der Waals surface area contributed by atoms with Gasteiger partial charge in [0, 0.05) is 6.42 Å². The molecular formula is C18H16O5. The molecule has 5 nitrogen and oxygen atoms in total. The standard InChI is InChI=1S/C18H16O5/c1-10(2)3-4-12(19)11-7-15-16-13(20-8-22-15)5-6-14-17(16)18(11)23-9-21-14/h3,5-7H,4,8-9H2,1-2H3. The van der Waals surface area contributed by atoms with E-state index >= 15 is 0 Å². The van der Waals surface area contributed by atoms with Gasteiger partial charge in [-0.2, -0.15) is 0 Å². The van der Waals surface area contributed by atoms with E-state index < -0.39 is 0 Å². The fourth-order valence-corrected chi connectivity index (χ4v) is 2.86. The second kappa shape index (κ2) is 5.19. The van der Waals surface area contributed by atoms with Crippen LogP contribution in [0.1, 0.15) is 30.6 Å². The van der Waals surface area contributed by atoms with E-state index in [4.69, 9.17) is 18.9 Å². The number of hydrogen-bond donors (Lipinski definition) is 0. The molecule has 118 valence electrons. The highest BCUT2D eigenvalue weighted by atomic mass is 16.7. The van der Waals surface area contributed by atoms with Crippen molar-refractivity contribution in [3.8, 4) is 23.0 Å². The minimum absolute atomic E-state index is 0.00676. The molecule has 0 saturated carbocycles. The van der Waals surface area contributed by atoms with Gasteiger partial charge < -0.3 is 18.9 Å². The summed E-state index contributed by atoms with van der Waals surface area (Å²) in [4.78, 5) is 12.6. The van der Waals surface area contributed by atoms with Gasteiger partial charge in [-0.25, -0.2) is 0 Å². The maximum absolute atomic E-state index is 12.6. The summed E-state index contributed by atoms with van der Waals surface area (Å²) >= 11 is 0. The highest BCUT2D eigenvalue weighted by Crippen LogP contribution is 2.49. The highest BCUT2D eigenvalue weighted by Gasteiger charge is 2.28. The summed E-state index contributed by atoms with van der Waals surface area (Å²) in [6.07, 6.45) is 2.24. The first-order valence-corrected chi connectivity index (χ1v) is 7.46. The molecule has 0 fully saturated rings. The number of ketones is 1. The van der Waals surface area contributed by atoms with Crippen LogP contribution in [0.2, 0.25) is 0 Å². The molecule has 2 aromatic carbocycles. The third-order valence-corrected chi connectivity index (χ3v) is 3.97. The van der Waals surface area contributed by atoms with Crippen LogP contribution in [0.5, 0.6) is 23.0 Å². The molecule has 5 heteroatoms. The van der Waals surface area contributed by atoms with Gasteiger partial charge in [0.05, 0.1) is 16.3 Å². The van der Waals surface area contributed by atoms with Crippen LogP contribution < -0.4 is 18.9 Å². The molecule has 23 heavy (non-hydrogen) atoms. The topological polar surface area (TPSA) is 54.0 Å². The van der Waals surface area contributed by atoms with E-state index in [2.05, 4.69) is 0 Å². The molecule has 2 heterocycles. The lowest BCUT2D eigenvalue weighted by molar-refractivity contribution is 0.0938. The Morgan fingerprint density at radius 3 is 2.39 bits per heavy atom. The first-order chi connectivity index (χ1) is 11.1. The lowest BCUT2D eigenvalue weighted by Gasteiger charge is -2.26. The number of hydrogen-bond acceptors (Lipinski definition) is 5. The monoisotopic (exact) mass is 312 g/mol. The number of ether oxygens (including phenoxy) is 4. The van der Waals surface area contributed by atoms with Crippen molar-refractivity contribution >= 4 is 16.6 Å². The molecule has 2 aliphatic heterocycles. The number of carbonyl (C=O) groups is 1. The second-order valence-corrected chi connectivity index (χ2v) is 5.79. The first-order valence-electron chi connectivity index (χ1n) is 7.46. The zero-order chi connectivity index (χ0) is 16.0. The van der Waals surface area contributed by atoms with Crippen LogP contribution in [0.15, 0.2) is 29.8 Å². The third kappa shape index (κ3) is 2.20. The predicted molar refractivity (Wildman–Crippen MR) is 84.6 cm³/mol. The van der Waals surface area contributed by atoms with Crippen molar-refractivity contribution < 1.29 is 23.7 Å². The van der Waals surface area contributed by atoms with Gasteiger partial charge in [-0.15, -0.1) is 0 Å². The zero-order valence-electron chi connectivity index (χ0n) is 13.0. The summed E-state index contributed by atoms with van der Waals surface area (Å²) in [5.41, 5.74) is 1.62. The van der Waals surface area contributed by atoms with Crippen LogP contribution in [0.3, 0.4) is 0 Å². The Balaban J connectivity index is 1.95. The van der Waals surface area contributed by atoms with Gasteiger partial charge in [0.25, 0.3) is 0 Å². The molecule has 0 bridgehead atoms. The van der Waals surface area contributed by atoms with Crippen molar-refractivity contribution in [3.05, 3.63) is 35.4 Å². The average molecular weight is 312 g/mol. The van der Waals surface area contributed by atoms with Crippen molar-refractivity contribution in [2.45, 2.75) is 20.3 Å². The molecule has 0 saturated heterocycles. The Labute approximate surface area is 133 Å². The number of rotatable bonds is 3. The molecule has 0 atom stereocenters. The molecule has 4 rings (SSSR count). The summed E-state index contributed by atoms with van der Waals surface area (Å²) in [6, 6.07) is 5.44. The van der Waals surface area contributed by atoms with Crippen LogP contribution in [-0.2, 0) is 0 Å². The van der Waals surface area contributed by atoms with Gasteiger partial charge >= 0.3 is 0 Å². The van der Waals surface area contributed by atoms with Crippen molar-refractivity contribution in [3.63, 3.8) is 0 Å². The molecular weight excluding hydrogens is 296 g/mol. The minimum Gasteiger partial charge on any atom is -0.457 e. The number of Topliss-reactive ketones (excluding diaryl/α,β-unsaturated/α-hetero) is 1. The smallest absolute Gasteiger partial charge is 0.230 e. The van der Waals surface area contributed by atoms with E-state index in [0.29, 0.717) is 35.0 Å². The van der Waals surface area contributed by atoms with E-state index in [1.165, 1.54) is 0 Å². The quantitative estimate of drug-likeness (QED) is 0.637. The predicted octanol–water partition coefficient (Wildman–Crippen LogP) is 3.84. The minimum atomic E-state index is -0.00676. The Hall–Kier alpha value is -2.69. The average Bonchev–Trinajstić information content (AvgIpc) is 2.57.